The Bertz CT molecular complexity index is 344. The van der Waals surface area contributed by atoms with E-state index in [1.807, 2.05) is 18.2 Å². The van der Waals surface area contributed by atoms with Crippen LogP contribution in [0.25, 0.3) is 0 Å². The van der Waals surface area contributed by atoms with Gasteiger partial charge in [0.25, 0.3) is 0 Å². The zero-order valence-corrected chi connectivity index (χ0v) is 10.1. The van der Waals surface area contributed by atoms with Gasteiger partial charge in [-0.2, -0.15) is 0 Å². The molecule has 3 heteroatoms. The SMILES string of the molecule is O=C(NCCc1ccccc1)C1CCCNC1. The lowest BCUT2D eigenvalue weighted by Gasteiger charge is -2.21. The van der Waals surface area contributed by atoms with Gasteiger partial charge in [0, 0.05) is 13.1 Å². The molecule has 0 radical (unpaired) electrons. The van der Waals surface area contributed by atoms with Crippen LogP contribution in [0, 0.1) is 5.92 Å². The highest BCUT2D eigenvalue weighted by Crippen LogP contribution is 2.09. The first-order valence-electron chi connectivity index (χ1n) is 6.38. The number of hydrogen-bond acceptors (Lipinski definition) is 2. The van der Waals surface area contributed by atoms with Crippen molar-refractivity contribution in [2.24, 2.45) is 5.92 Å². The number of carbonyl (C=O) groups is 1. The lowest BCUT2D eigenvalue weighted by molar-refractivity contribution is -0.125. The third-order valence-electron chi connectivity index (χ3n) is 3.22. The summed E-state index contributed by atoms with van der Waals surface area (Å²) in [7, 11) is 0. The minimum absolute atomic E-state index is 0.166. The zero-order valence-electron chi connectivity index (χ0n) is 10.1. The van der Waals surface area contributed by atoms with Crippen LogP contribution in [-0.4, -0.2) is 25.5 Å². The average molecular weight is 232 g/mol. The van der Waals surface area contributed by atoms with Gasteiger partial charge >= 0.3 is 0 Å². The summed E-state index contributed by atoms with van der Waals surface area (Å²) in [6.07, 6.45) is 3.04. The molecule has 0 saturated carbocycles. The quantitative estimate of drug-likeness (QED) is 0.822. The second kappa shape index (κ2) is 6.40. The van der Waals surface area contributed by atoms with Gasteiger partial charge in [-0.25, -0.2) is 0 Å². The van der Waals surface area contributed by atoms with E-state index in [1.165, 1.54) is 5.56 Å². The van der Waals surface area contributed by atoms with Crippen molar-refractivity contribution in [3.63, 3.8) is 0 Å². The lowest BCUT2D eigenvalue weighted by Crippen LogP contribution is -2.41. The van der Waals surface area contributed by atoms with E-state index in [9.17, 15) is 4.79 Å². The Morgan fingerprint density at radius 2 is 2.18 bits per heavy atom. The normalized spacial score (nSPS) is 19.9. The predicted molar refractivity (Wildman–Crippen MR) is 68.7 cm³/mol. The Morgan fingerprint density at radius 1 is 1.35 bits per heavy atom. The minimum atomic E-state index is 0.166. The highest BCUT2D eigenvalue weighted by molar-refractivity contribution is 5.78. The summed E-state index contributed by atoms with van der Waals surface area (Å²) >= 11 is 0. The second-order valence-corrected chi connectivity index (χ2v) is 4.57. The van der Waals surface area contributed by atoms with E-state index in [-0.39, 0.29) is 11.8 Å². The van der Waals surface area contributed by atoms with E-state index in [0.29, 0.717) is 0 Å². The smallest absolute Gasteiger partial charge is 0.224 e. The molecule has 1 saturated heterocycles. The van der Waals surface area contributed by atoms with Crippen LogP contribution in [-0.2, 0) is 11.2 Å². The van der Waals surface area contributed by atoms with Gasteiger partial charge in [-0.3, -0.25) is 4.79 Å². The van der Waals surface area contributed by atoms with Crippen LogP contribution in [0.3, 0.4) is 0 Å². The second-order valence-electron chi connectivity index (χ2n) is 4.57. The van der Waals surface area contributed by atoms with Crippen molar-refractivity contribution in [1.29, 1.82) is 0 Å². The summed E-state index contributed by atoms with van der Waals surface area (Å²) in [5, 5.41) is 6.28. The highest BCUT2D eigenvalue weighted by Gasteiger charge is 2.19. The van der Waals surface area contributed by atoms with Crippen LogP contribution >= 0.6 is 0 Å². The summed E-state index contributed by atoms with van der Waals surface area (Å²) in [4.78, 5) is 11.8. The maximum absolute atomic E-state index is 11.8. The van der Waals surface area contributed by atoms with Crippen LogP contribution < -0.4 is 10.6 Å². The fourth-order valence-corrected chi connectivity index (χ4v) is 2.19. The Labute approximate surface area is 103 Å². The Balaban J connectivity index is 1.69. The molecular weight excluding hydrogens is 212 g/mol. The van der Waals surface area contributed by atoms with E-state index in [0.717, 1.165) is 38.9 Å². The fourth-order valence-electron chi connectivity index (χ4n) is 2.19. The molecule has 1 heterocycles. The summed E-state index contributed by atoms with van der Waals surface area (Å²) in [6.45, 7) is 2.62. The van der Waals surface area contributed by atoms with E-state index >= 15 is 0 Å². The predicted octanol–water partition coefficient (Wildman–Crippen LogP) is 1.34. The third-order valence-corrected chi connectivity index (χ3v) is 3.22. The van der Waals surface area contributed by atoms with Gasteiger partial charge in [-0.05, 0) is 31.4 Å². The van der Waals surface area contributed by atoms with E-state index < -0.39 is 0 Å². The molecule has 2 N–H and O–H groups in total. The third kappa shape index (κ3) is 3.86. The monoisotopic (exact) mass is 232 g/mol. The van der Waals surface area contributed by atoms with Gasteiger partial charge in [-0.1, -0.05) is 30.3 Å². The minimum Gasteiger partial charge on any atom is -0.355 e. The van der Waals surface area contributed by atoms with E-state index in [4.69, 9.17) is 0 Å². The van der Waals surface area contributed by atoms with Gasteiger partial charge in [0.05, 0.1) is 5.92 Å². The molecule has 3 nitrogen and oxygen atoms in total. The van der Waals surface area contributed by atoms with E-state index in [1.54, 1.807) is 0 Å². The first-order chi connectivity index (χ1) is 8.36. The molecule has 0 bridgehead atoms. The van der Waals surface area contributed by atoms with Crippen molar-refractivity contribution >= 4 is 5.91 Å². The summed E-state index contributed by atoms with van der Waals surface area (Å²) in [6, 6.07) is 10.3. The molecule has 17 heavy (non-hydrogen) atoms. The Hall–Kier alpha value is -1.35. The summed E-state index contributed by atoms with van der Waals surface area (Å²) in [5.41, 5.74) is 1.27. The number of amides is 1. The molecule has 1 aliphatic heterocycles. The van der Waals surface area contributed by atoms with Crippen LogP contribution in [0.1, 0.15) is 18.4 Å². The van der Waals surface area contributed by atoms with E-state index in [2.05, 4.69) is 22.8 Å². The fraction of sp³-hybridized carbons (Fsp3) is 0.500. The number of benzene rings is 1. The number of rotatable bonds is 4. The van der Waals surface area contributed by atoms with Gasteiger partial charge in [0.15, 0.2) is 0 Å². The van der Waals surface area contributed by atoms with Crippen molar-refractivity contribution < 1.29 is 4.79 Å². The molecular formula is C14H20N2O. The van der Waals surface area contributed by atoms with Crippen LogP contribution in [0.15, 0.2) is 30.3 Å². The van der Waals surface area contributed by atoms with Gasteiger partial charge in [0.2, 0.25) is 5.91 Å². The molecule has 1 unspecified atom stereocenters. The van der Waals surface area contributed by atoms with Crippen molar-refractivity contribution in [3.05, 3.63) is 35.9 Å². The van der Waals surface area contributed by atoms with Gasteiger partial charge in [0.1, 0.15) is 0 Å². The number of piperidine rings is 1. The first-order valence-corrected chi connectivity index (χ1v) is 6.38. The average Bonchev–Trinajstić information content (AvgIpc) is 2.41. The molecule has 1 fully saturated rings. The van der Waals surface area contributed by atoms with Gasteiger partial charge in [-0.15, -0.1) is 0 Å². The molecule has 0 aliphatic carbocycles. The molecule has 2 rings (SSSR count). The molecule has 1 aliphatic rings. The van der Waals surface area contributed by atoms with Crippen molar-refractivity contribution in [1.82, 2.24) is 10.6 Å². The van der Waals surface area contributed by atoms with Gasteiger partial charge < -0.3 is 10.6 Å². The Morgan fingerprint density at radius 3 is 2.88 bits per heavy atom. The molecule has 0 spiro atoms. The maximum atomic E-state index is 11.8. The van der Waals surface area contributed by atoms with Crippen LogP contribution in [0.2, 0.25) is 0 Å². The highest BCUT2D eigenvalue weighted by atomic mass is 16.1. The number of nitrogens with one attached hydrogen (secondary N) is 2. The topological polar surface area (TPSA) is 41.1 Å². The zero-order chi connectivity index (χ0) is 11.9. The van der Waals surface area contributed by atoms with Crippen molar-refractivity contribution in [2.75, 3.05) is 19.6 Å². The summed E-state index contributed by atoms with van der Waals surface area (Å²) in [5.74, 6) is 0.368. The standard InChI is InChI=1S/C14H20N2O/c17-14(13-7-4-9-15-11-13)16-10-8-12-5-2-1-3-6-12/h1-3,5-6,13,15H,4,7-11H2,(H,16,17). The largest absolute Gasteiger partial charge is 0.355 e. The van der Waals surface area contributed by atoms with Crippen LogP contribution in [0.4, 0.5) is 0 Å². The molecule has 1 amide bonds. The first kappa shape index (κ1) is 12.1. The number of hydrogen-bond donors (Lipinski definition) is 2. The Kier molecular flexibility index (Phi) is 4.56. The van der Waals surface area contributed by atoms with Crippen molar-refractivity contribution in [3.8, 4) is 0 Å². The maximum Gasteiger partial charge on any atom is 0.224 e. The number of carbonyl (C=O) groups excluding carboxylic acids is 1. The molecule has 1 aromatic carbocycles. The molecule has 1 atom stereocenters. The lowest BCUT2D eigenvalue weighted by atomic mass is 9.99. The molecule has 0 aromatic heterocycles. The molecule has 1 aromatic rings. The summed E-state index contributed by atoms with van der Waals surface area (Å²) < 4.78 is 0. The van der Waals surface area contributed by atoms with Crippen molar-refractivity contribution in [2.45, 2.75) is 19.3 Å². The van der Waals surface area contributed by atoms with Crippen LogP contribution in [0.5, 0.6) is 0 Å². The molecule has 92 valence electrons.